The van der Waals surface area contributed by atoms with Crippen molar-refractivity contribution >= 4 is 23.4 Å². The molecule has 1 saturated heterocycles. The topological polar surface area (TPSA) is 58.2 Å². The van der Waals surface area contributed by atoms with Crippen LogP contribution in [0.4, 0.5) is 0 Å². The van der Waals surface area contributed by atoms with Crippen molar-refractivity contribution in [1.82, 2.24) is 10.6 Å². The zero-order valence-electron chi connectivity index (χ0n) is 15.8. The second kappa shape index (κ2) is 7.83. The lowest BCUT2D eigenvalue weighted by molar-refractivity contribution is -0.128. The van der Waals surface area contributed by atoms with E-state index < -0.39 is 0 Å². The fourth-order valence-corrected chi connectivity index (χ4v) is 5.63. The summed E-state index contributed by atoms with van der Waals surface area (Å²) in [6.07, 6.45) is 9.94. The molecule has 1 aromatic carbocycles. The quantitative estimate of drug-likeness (QED) is 0.796. The summed E-state index contributed by atoms with van der Waals surface area (Å²) < 4.78 is 0. The summed E-state index contributed by atoms with van der Waals surface area (Å²) in [5.74, 6) is 0.752. The summed E-state index contributed by atoms with van der Waals surface area (Å²) in [5.41, 5.74) is 0.971. The van der Waals surface area contributed by atoms with Gasteiger partial charge in [-0.05, 0) is 62.1 Å². The zero-order chi connectivity index (χ0) is 18.9. The Balaban J connectivity index is 1.49. The molecule has 0 unspecified atom stereocenters. The molecule has 3 fully saturated rings. The number of carbonyl (C=O) groups is 2. The van der Waals surface area contributed by atoms with E-state index in [0.29, 0.717) is 12.3 Å². The first-order valence-electron chi connectivity index (χ1n) is 10.4. The van der Waals surface area contributed by atoms with Gasteiger partial charge in [-0.15, -0.1) is 0 Å². The molecule has 0 aromatic heterocycles. The number of benzene rings is 1. The van der Waals surface area contributed by atoms with E-state index in [2.05, 4.69) is 16.7 Å². The molecule has 2 N–H and O–H groups in total. The van der Waals surface area contributed by atoms with Crippen LogP contribution >= 0.6 is 11.6 Å². The molecule has 2 aliphatic carbocycles. The highest BCUT2D eigenvalue weighted by Crippen LogP contribution is 2.40. The van der Waals surface area contributed by atoms with E-state index in [1.165, 1.54) is 12.8 Å². The second-order valence-electron chi connectivity index (χ2n) is 8.71. The Morgan fingerprint density at radius 3 is 2.70 bits per heavy atom. The lowest BCUT2D eigenvalue weighted by atomic mass is 9.74. The molecular weight excluding hydrogens is 360 g/mol. The van der Waals surface area contributed by atoms with E-state index in [-0.39, 0.29) is 29.3 Å². The fourth-order valence-electron chi connectivity index (χ4n) is 5.44. The Labute approximate surface area is 166 Å². The van der Waals surface area contributed by atoms with Crippen molar-refractivity contribution in [3.8, 4) is 0 Å². The van der Waals surface area contributed by atoms with Crippen LogP contribution in [0, 0.1) is 11.8 Å². The minimum Gasteiger partial charge on any atom is -0.351 e. The number of rotatable bonds is 4. The van der Waals surface area contributed by atoms with Crippen LogP contribution in [-0.2, 0) is 9.59 Å². The van der Waals surface area contributed by atoms with Crippen molar-refractivity contribution in [3.63, 3.8) is 0 Å². The number of hydrogen-bond acceptors (Lipinski definition) is 2. The van der Waals surface area contributed by atoms with E-state index in [1.54, 1.807) is 0 Å². The number of halogens is 1. The monoisotopic (exact) mass is 388 g/mol. The number of carbonyl (C=O) groups excluding carboxylic acids is 2. The summed E-state index contributed by atoms with van der Waals surface area (Å²) in [6.45, 7) is 0. The maximum absolute atomic E-state index is 13.2. The summed E-state index contributed by atoms with van der Waals surface area (Å²) in [7, 11) is 0. The lowest BCUT2D eigenvalue weighted by Crippen LogP contribution is -2.49. The van der Waals surface area contributed by atoms with Crippen LogP contribution in [0.5, 0.6) is 0 Å². The van der Waals surface area contributed by atoms with Crippen LogP contribution in [0.25, 0.3) is 0 Å². The molecule has 0 radical (unpaired) electrons. The van der Waals surface area contributed by atoms with Gasteiger partial charge in [0.1, 0.15) is 0 Å². The van der Waals surface area contributed by atoms with Crippen LogP contribution in [-0.4, -0.2) is 17.4 Å². The molecule has 0 bridgehead atoms. The smallest absolute Gasteiger partial charge is 0.223 e. The van der Waals surface area contributed by atoms with Gasteiger partial charge in [0.15, 0.2) is 0 Å². The number of hydrogen-bond donors (Lipinski definition) is 2. The second-order valence-corrected chi connectivity index (χ2v) is 9.14. The van der Waals surface area contributed by atoms with E-state index >= 15 is 0 Å². The highest BCUT2D eigenvalue weighted by Gasteiger charge is 2.43. The summed E-state index contributed by atoms with van der Waals surface area (Å²) in [4.78, 5) is 24.9. The Bertz CT molecular complexity index is 716. The molecule has 4 rings (SSSR count). The molecule has 3 atom stereocenters. The SMILES string of the molecule is O=C1CC[C@]2(CCC[C@@H](C(=O)N[C@H](c3cccc(Cl)c3)C3CCCC3)C2)N1. The molecule has 146 valence electrons. The van der Waals surface area contributed by atoms with Crippen molar-refractivity contribution < 1.29 is 9.59 Å². The van der Waals surface area contributed by atoms with Gasteiger partial charge in [-0.3, -0.25) is 9.59 Å². The average Bonchev–Trinajstić information content (AvgIpc) is 3.30. The highest BCUT2D eigenvalue weighted by atomic mass is 35.5. The maximum Gasteiger partial charge on any atom is 0.223 e. The van der Waals surface area contributed by atoms with E-state index in [9.17, 15) is 9.59 Å². The molecule has 5 heteroatoms. The van der Waals surface area contributed by atoms with Crippen LogP contribution in [0.2, 0.25) is 5.02 Å². The third-order valence-corrected chi connectivity index (χ3v) is 7.06. The Kier molecular flexibility index (Phi) is 5.45. The van der Waals surface area contributed by atoms with Gasteiger partial charge in [-0.1, -0.05) is 43.0 Å². The average molecular weight is 389 g/mol. The van der Waals surface area contributed by atoms with Gasteiger partial charge >= 0.3 is 0 Å². The van der Waals surface area contributed by atoms with Gasteiger partial charge in [0.2, 0.25) is 11.8 Å². The number of amides is 2. The summed E-state index contributed by atoms with van der Waals surface area (Å²) in [5, 5.41) is 7.26. The van der Waals surface area contributed by atoms with Gasteiger partial charge in [0.05, 0.1) is 6.04 Å². The zero-order valence-corrected chi connectivity index (χ0v) is 16.6. The molecule has 2 saturated carbocycles. The van der Waals surface area contributed by atoms with E-state index in [1.807, 2.05) is 18.2 Å². The van der Waals surface area contributed by atoms with Gasteiger partial charge in [0, 0.05) is 22.9 Å². The third-order valence-electron chi connectivity index (χ3n) is 6.83. The van der Waals surface area contributed by atoms with E-state index in [0.717, 1.165) is 55.5 Å². The van der Waals surface area contributed by atoms with Crippen LogP contribution in [0.1, 0.15) is 75.8 Å². The predicted octanol–water partition coefficient (Wildman–Crippen LogP) is 4.53. The van der Waals surface area contributed by atoms with Gasteiger partial charge in [0.25, 0.3) is 0 Å². The Morgan fingerprint density at radius 2 is 2.00 bits per heavy atom. The first kappa shape index (κ1) is 18.8. The van der Waals surface area contributed by atoms with Crippen LogP contribution in [0.3, 0.4) is 0 Å². The Morgan fingerprint density at radius 1 is 1.19 bits per heavy atom. The van der Waals surface area contributed by atoms with Crippen LogP contribution < -0.4 is 10.6 Å². The molecule has 1 spiro atoms. The predicted molar refractivity (Wildman–Crippen MR) is 106 cm³/mol. The molecule has 27 heavy (non-hydrogen) atoms. The maximum atomic E-state index is 13.2. The largest absolute Gasteiger partial charge is 0.351 e. The third kappa shape index (κ3) is 4.16. The van der Waals surface area contributed by atoms with E-state index in [4.69, 9.17) is 11.6 Å². The molecule has 3 aliphatic rings. The standard InChI is InChI=1S/C22H29ClN2O2/c23-18-9-3-7-16(13-18)20(15-5-1-2-6-15)24-21(27)17-8-4-11-22(14-17)12-10-19(26)25-22/h3,7,9,13,15,17,20H,1-2,4-6,8,10-12,14H2,(H,24,27)(H,25,26)/t17-,20+,22+/m1/s1. The minimum absolute atomic E-state index is 0.0137. The van der Waals surface area contributed by atoms with Gasteiger partial charge < -0.3 is 10.6 Å². The van der Waals surface area contributed by atoms with Gasteiger partial charge in [-0.2, -0.15) is 0 Å². The molecule has 1 aromatic rings. The van der Waals surface area contributed by atoms with Crippen molar-refractivity contribution in [2.24, 2.45) is 11.8 Å². The fraction of sp³-hybridized carbons (Fsp3) is 0.636. The molecular formula is C22H29ClN2O2. The molecule has 2 amide bonds. The summed E-state index contributed by atoms with van der Waals surface area (Å²) >= 11 is 6.22. The van der Waals surface area contributed by atoms with Gasteiger partial charge in [-0.25, -0.2) is 0 Å². The molecule has 1 aliphatic heterocycles. The van der Waals surface area contributed by atoms with Crippen molar-refractivity contribution in [2.75, 3.05) is 0 Å². The summed E-state index contributed by atoms with van der Waals surface area (Å²) in [6, 6.07) is 7.95. The Hall–Kier alpha value is -1.55. The lowest BCUT2D eigenvalue weighted by Gasteiger charge is -2.38. The van der Waals surface area contributed by atoms with Crippen molar-refractivity contribution in [2.45, 2.75) is 75.8 Å². The molecule has 1 heterocycles. The van der Waals surface area contributed by atoms with Crippen molar-refractivity contribution in [3.05, 3.63) is 34.9 Å². The van der Waals surface area contributed by atoms with Crippen molar-refractivity contribution in [1.29, 1.82) is 0 Å². The first-order valence-corrected chi connectivity index (χ1v) is 10.8. The van der Waals surface area contributed by atoms with Crippen LogP contribution in [0.15, 0.2) is 24.3 Å². The highest BCUT2D eigenvalue weighted by molar-refractivity contribution is 6.30. The molecule has 4 nitrogen and oxygen atoms in total. The number of nitrogens with one attached hydrogen (secondary N) is 2. The first-order chi connectivity index (χ1) is 13.0. The minimum atomic E-state index is -0.143. The normalized spacial score (nSPS) is 29.7.